The number of hydrogen-bond donors (Lipinski definition) is 1. The van der Waals surface area contributed by atoms with E-state index in [2.05, 4.69) is 26.3 Å². The van der Waals surface area contributed by atoms with Gasteiger partial charge in [-0.3, -0.25) is 4.79 Å². The summed E-state index contributed by atoms with van der Waals surface area (Å²) < 4.78 is 13.4. The highest BCUT2D eigenvalue weighted by Gasteiger charge is 2.10. The molecule has 6 nitrogen and oxygen atoms in total. The smallest absolute Gasteiger partial charge is 0.225 e. The Bertz CT molecular complexity index is 900. The lowest BCUT2D eigenvalue weighted by atomic mass is 10.1. The van der Waals surface area contributed by atoms with Gasteiger partial charge in [0, 0.05) is 33.3 Å². The first-order chi connectivity index (χ1) is 13.1. The first-order valence-corrected chi connectivity index (χ1v) is 10.0. The summed E-state index contributed by atoms with van der Waals surface area (Å²) in [5.74, 6) is 2.05. The number of carbonyl (C=O) groups excluding carboxylic acids is 1. The lowest BCUT2D eigenvalue weighted by Crippen LogP contribution is -2.16. The van der Waals surface area contributed by atoms with Crippen LogP contribution in [0, 0.1) is 0 Å². The molecule has 1 amide bonds. The minimum absolute atomic E-state index is 0.0640. The van der Waals surface area contributed by atoms with Crippen molar-refractivity contribution in [3.05, 3.63) is 56.8 Å². The van der Waals surface area contributed by atoms with Gasteiger partial charge in [-0.2, -0.15) is 5.10 Å². The number of nitrogens with zero attached hydrogens (tertiary/aromatic N) is 2. The molecule has 0 unspecified atom stereocenters. The molecule has 0 fully saturated rings. The van der Waals surface area contributed by atoms with Crippen molar-refractivity contribution in [1.82, 2.24) is 9.78 Å². The van der Waals surface area contributed by atoms with Crippen LogP contribution in [0.4, 0.5) is 5.82 Å². The van der Waals surface area contributed by atoms with Gasteiger partial charge in [0.15, 0.2) is 0 Å². The van der Waals surface area contributed by atoms with E-state index in [1.165, 1.54) is 0 Å². The van der Waals surface area contributed by atoms with Crippen LogP contribution in [-0.4, -0.2) is 29.9 Å². The lowest BCUT2D eigenvalue weighted by molar-refractivity contribution is -0.116. The highest BCUT2D eigenvalue weighted by Crippen LogP contribution is 2.24. The summed E-state index contributed by atoms with van der Waals surface area (Å²) in [4.78, 5) is 13.5. The van der Waals surface area contributed by atoms with Gasteiger partial charge in [0.25, 0.3) is 0 Å². The molecule has 1 aromatic carbocycles. The van der Waals surface area contributed by atoms with E-state index in [9.17, 15) is 4.79 Å². The maximum absolute atomic E-state index is 12.4. The minimum atomic E-state index is -0.0640. The third-order valence-electron chi connectivity index (χ3n) is 3.96. The van der Waals surface area contributed by atoms with E-state index < -0.39 is 0 Å². The molecule has 0 atom stereocenters. The fraction of sp³-hybridized carbons (Fsp3) is 0.263. The van der Waals surface area contributed by atoms with Crippen molar-refractivity contribution in [3.63, 3.8) is 0 Å². The minimum Gasteiger partial charge on any atom is -0.497 e. The second-order valence-electron chi connectivity index (χ2n) is 5.87. The first kappa shape index (κ1) is 19.4. The van der Waals surface area contributed by atoms with E-state index in [1.807, 2.05) is 29.6 Å². The Labute approximate surface area is 170 Å². The summed E-state index contributed by atoms with van der Waals surface area (Å²) in [6, 6.07) is 9.48. The summed E-state index contributed by atoms with van der Waals surface area (Å²) in [5.41, 5.74) is 0.985. The van der Waals surface area contributed by atoms with Gasteiger partial charge < -0.3 is 14.8 Å². The monoisotopic (exact) mass is 449 g/mol. The van der Waals surface area contributed by atoms with E-state index >= 15 is 0 Å². The molecule has 0 saturated heterocycles. The van der Waals surface area contributed by atoms with Crippen LogP contribution in [0.25, 0.3) is 0 Å². The van der Waals surface area contributed by atoms with Crippen molar-refractivity contribution in [3.8, 4) is 11.5 Å². The van der Waals surface area contributed by atoms with Gasteiger partial charge in [0.1, 0.15) is 17.3 Å². The zero-order chi connectivity index (χ0) is 19.2. The van der Waals surface area contributed by atoms with Crippen molar-refractivity contribution in [2.24, 2.45) is 0 Å². The molecule has 142 valence electrons. The number of nitrogens with one attached hydrogen (secondary N) is 1. The van der Waals surface area contributed by atoms with Crippen LogP contribution in [0.15, 0.2) is 46.4 Å². The molecular formula is C19H20BrN3O3S. The molecule has 0 radical (unpaired) electrons. The van der Waals surface area contributed by atoms with Gasteiger partial charge in [-0.1, -0.05) is 0 Å². The number of aryl methyl sites for hydroxylation is 1. The van der Waals surface area contributed by atoms with Gasteiger partial charge >= 0.3 is 0 Å². The molecule has 2 aromatic heterocycles. The molecule has 0 saturated carbocycles. The predicted octanol–water partition coefficient (Wildman–Crippen LogP) is 4.34. The molecule has 0 aliphatic heterocycles. The Balaban J connectivity index is 1.59. The van der Waals surface area contributed by atoms with Crippen LogP contribution < -0.4 is 14.8 Å². The predicted molar refractivity (Wildman–Crippen MR) is 110 cm³/mol. The Morgan fingerprint density at radius 3 is 2.59 bits per heavy atom. The van der Waals surface area contributed by atoms with Crippen molar-refractivity contribution in [2.45, 2.75) is 19.4 Å². The standard InChI is InChI=1S/C19H20BrN3O3S/c1-25-15-7-13(8-16(10-15)26-2)3-4-19(24)22-18-5-6-21-23(18)11-17-9-14(20)12-27-17/h5-10,12H,3-4,11H2,1-2H3,(H,22,24). The number of thiophene rings is 1. The van der Waals surface area contributed by atoms with E-state index in [0.29, 0.717) is 36.7 Å². The maximum atomic E-state index is 12.4. The normalized spacial score (nSPS) is 10.6. The molecule has 2 heterocycles. The largest absolute Gasteiger partial charge is 0.497 e. The molecule has 27 heavy (non-hydrogen) atoms. The van der Waals surface area contributed by atoms with E-state index in [4.69, 9.17) is 9.47 Å². The third kappa shape index (κ3) is 5.33. The second kappa shape index (κ2) is 9.05. The Morgan fingerprint density at radius 2 is 1.96 bits per heavy atom. The first-order valence-electron chi connectivity index (χ1n) is 8.34. The third-order valence-corrected chi connectivity index (χ3v) is 5.65. The van der Waals surface area contributed by atoms with Crippen LogP contribution in [0.1, 0.15) is 16.9 Å². The van der Waals surface area contributed by atoms with Crippen molar-refractivity contribution < 1.29 is 14.3 Å². The molecular weight excluding hydrogens is 430 g/mol. The van der Waals surface area contributed by atoms with E-state index in [-0.39, 0.29) is 5.91 Å². The van der Waals surface area contributed by atoms with Crippen LogP contribution >= 0.6 is 27.3 Å². The van der Waals surface area contributed by atoms with Gasteiger partial charge in [0.2, 0.25) is 5.91 Å². The number of amides is 1. The topological polar surface area (TPSA) is 65.4 Å². The second-order valence-corrected chi connectivity index (χ2v) is 7.79. The summed E-state index contributed by atoms with van der Waals surface area (Å²) >= 11 is 5.10. The Morgan fingerprint density at radius 1 is 1.22 bits per heavy atom. The molecule has 0 bridgehead atoms. The van der Waals surface area contributed by atoms with Crippen molar-refractivity contribution in [2.75, 3.05) is 19.5 Å². The van der Waals surface area contributed by atoms with Gasteiger partial charge in [-0.15, -0.1) is 11.3 Å². The number of benzene rings is 1. The number of hydrogen-bond acceptors (Lipinski definition) is 5. The fourth-order valence-electron chi connectivity index (χ4n) is 2.62. The number of anilines is 1. The average Bonchev–Trinajstić information content (AvgIpc) is 3.28. The summed E-state index contributed by atoms with van der Waals surface area (Å²) in [6.45, 7) is 0.617. The number of carbonyl (C=O) groups is 1. The van der Waals surface area contributed by atoms with Gasteiger partial charge in [-0.05, 0) is 46.1 Å². The number of methoxy groups -OCH3 is 2. The molecule has 3 rings (SSSR count). The highest BCUT2D eigenvalue weighted by molar-refractivity contribution is 9.10. The SMILES string of the molecule is COc1cc(CCC(=O)Nc2ccnn2Cc2cc(Br)cs2)cc(OC)c1. The number of ether oxygens (including phenoxy) is 2. The average molecular weight is 450 g/mol. The highest BCUT2D eigenvalue weighted by atomic mass is 79.9. The number of halogens is 1. The van der Waals surface area contributed by atoms with Gasteiger partial charge in [-0.25, -0.2) is 4.68 Å². The molecule has 8 heteroatoms. The lowest BCUT2D eigenvalue weighted by Gasteiger charge is -2.10. The molecule has 0 aliphatic rings. The number of aromatic nitrogens is 2. The Kier molecular flexibility index (Phi) is 6.52. The summed E-state index contributed by atoms with van der Waals surface area (Å²) in [6.07, 6.45) is 2.63. The van der Waals surface area contributed by atoms with Crippen LogP contribution in [0.3, 0.4) is 0 Å². The number of rotatable bonds is 8. The van der Waals surface area contributed by atoms with Crippen molar-refractivity contribution >= 4 is 39.0 Å². The van der Waals surface area contributed by atoms with Crippen LogP contribution in [-0.2, 0) is 17.8 Å². The zero-order valence-corrected chi connectivity index (χ0v) is 17.5. The van der Waals surface area contributed by atoms with Crippen LogP contribution in [0.2, 0.25) is 0 Å². The summed E-state index contributed by atoms with van der Waals surface area (Å²) in [5, 5.41) is 9.26. The van der Waals surface area contributed by atoms with Crippen molar-refractivity contribution in [1.29, 1.82) is 0 Å². The van der Waals surface area contributed by atoms with Crippen LogP contribution in [0.5, 0.6) is 11.5 Å². The van der Waals surface area contributed by atoms with E-state index in [1.54, 1.807) is 42.5 Å². The molecule has 1 N–H and O–H groups in total. The molecule has 0 spiro atoms. The molecule has 3 aromatic rings. The summed E-state index contributed by atoms with van der Waals surface area (Å²) in [7, 11) is 3.22. The molecule has 0 aliphatic carbocycles. The van der Waals surface area contributed by atoms with E-state index in [0.717, 1.165) is 14.9 Å². The quantitative estimate of drug-likeness (QED) is 0.555. The fourth-order valence-corrected chi connectivity index (χ4v) is 4.06. The van der Waals surface area contributed by atoms with Gasteiger partial charge in [0.05, 0.1) is 27.0 Å². The maximum Gasteiger partial charge on any atom is 0.225 e. The Hall–Kier alpha value is -2.32. The zero-order valence-electron chi connectivity index (χ0n) is 15.1.